The molecule has 0 saturated carbocycles. The van der Waals surface area contributed by atoms with E-state index in [1.54, 1.807) is 23.1 Å². The van der Waals surface area contributed by atoms with E-state index in [2.05, 4.69) is 33.9 Å². The molecule has 48 heavy (non-hydrogen) atoms. The molecule has 0 spiro atoms. The van der Waals surface area contributed by atoms with Gasteiger partial charge in [0.25, 0.3) is 0 Å². The Kier molecular flexibility index (Phi) is 11.5. The molecular weight excluding hydrogens is 627 g/mol. The Morgan fingerprint density at radius 2 is 1.65 bits per heavy atom. The number of fused-ring (bicyclic) bond motifs is 1. The molecule has 1 aliphatic heterocycles. The van der Waals surface area contributed by atoms with Crippen LogP contribution in [0.25, 0.3) is 11.1 Å². The van der Waals surface area contributed by atoms with Crippen molar-refractivity contribution in [1.29, 1.82) is 0 Å². The second kappa shape index (κ2) is 15.0. The average molecular weight is 678 g/mol. The highest BCUT2D eigenvalue weighted by Gasteiger charge is 2.40. The third kappa shape index (κ3) is 9.76. The summed E-state index contributed by atoms with van der Waals surface area (Å²) in [5.41, 5.74) is 2.13. The smallest absolute Gasteiger partial charge is 0.410 e. The van der Waals surface area contributed by atoms with Gasteiger partial charge in [-0.25, -0.2) is 9.59 Å². The van der Waals surface area contributed by atoms with Crippen LogP contribution in [0.3, 0.4) is 0 Å². The third-order valence-corrected chi connectivity index (χ3v) is 13.3. The number of carbonyl (C=O) groups excluding carboxylic acids is 2. The lowest BCUT2D eigenvalue weighted by Gasteiger charge is -2.41. The largest absolute Gasteiger partial charge is 0.507 e. The number of rotatable bonds is 11. The van der Waals surface area contributed by atoms with Gasteiger partial charge < -0.3 is 33.4 Å². The Morgan fingerprint density at radius 3 is 2.27 bits per heavy atom. The summed E-state index contributed by atoms with van der Waals surface area (Å²) in [5, 5.41) is 10.4. The number of methoxy groups -OCH3 is 1. The van der Waals surface area contributed by atoms with Crippen LogP contribution in [0, 0.1) is 0 Å². The average Bonchev–Trinajstić information content (AvgIpc) is 3.01. The van der Waals surface area contributed by atoms with Crippen molar-refractivity contribution in [2.45, 2.75) is 90.3 Å². The van der Waals surface area contributed by atoms with Crippen molar-refractivity contribution in [2.24, 2.45) is 0 Å². The standard InChI is InChI=1S/C38H51NO8Si/c1-37(2,3)46-36(42)39(24-31(47-48(8,9)38(4,5)6)25-44-29-13-11-10-12-14-29)23-30-18-15-28-21-26(17-20-34(28)45-30)27-16-19-32(33(40)22-27)35(41)43-7/h10-14,16-17,19-22,30-31,40H,15,18,23-25H2,1-9H3/t30-,31+/m1/s1. The van der Waals surface area contributed by atoms with Crippen LogP contribution in [0.5, 0.6) is 17.2 Å². The van der Waals surface area contributed by atoms with Crippen LogP contribution in [-0.4, -0.2) is 75.0 Å². The molecule has 0 bridgehead atoms. The molecule has 260 valence electrons. The number of aromatic hydroxyl groups is 1. The molecule has 1 N–H and O–H groups in total. The van der Waals surface area contributed by atoms with E-state index in [9.17, 15) is 14.7 Å². The van der Waals surface area contributed by atoms with Crippen LogP contribution in [0.4, 0.5) is 4.79 Å². The number of benzene rings is 3. The van der Waals surface area contributed by atoms with E-state index in [4.69, 9.17) is 23.4 Å². The molecule has 3 aromatic carbocycles. The van der Waals surface area contributed by atoms with Gasteiger partial charge in [-0.05, 0) is 105 Å². The molecule has 1 aliphatic rings. The first-order valence-corrected chi connectivity index (χ1v) is 19.4. The number of esters is 1. The van der Waals surface area contributed by atoms with Gasteiger partial charge in [0.05, 0.1) is 26.3 Å². The van der Waals surface area contributed by atoms with Crippen molar-refractivity contribution in [2.75, 3.05) is 26.8 Å². The molecule has 0 aliphatic carbocycles. The number of aryl methyl sites for hydroxylation is 1. The summed E-state index contributed by atoms with van der Waals surface area (Å²) in [6.07, 6.45) is 0.354. The third-order valence-electron chi connectivity index (χ3n) is 8.77. The van der Waals surface area contributed by atoms with Gasteiger partial charge in [0.2, 0.25) is 0 Å². The van der Waals surface area contributed by atoms with Gasteiger partial charge in [-0.15, -0.1) is 0 Å². The summed E-state index contributed by atoms with van der Waals surface area (Å²) in [6.45, 7) is 17.4. The van der Waals surface area contributed by atoms with Gasteiger partial charge in [-0.1, -0.05) is 51.1 Å². The number of para-hydroxylation sites is 1. The van der Waals surface area contributed by atoms with Crippen LogP contribution in [0.1, 0.15) is 63.9 Å². The first kappa shape index (κ1) is 36.8. The fourth-order valence-corrected chi connectivity index (χ4v) is 6.54. The van der Waals surface area contributed by atoms with E-state index in [0.717, 1.165) is 34.6 Å². The lowest BCUT2D eigenvalue weighted by Crippen LogP contribution is -2.52. The molecule has 4 rings (SSSR count). The molecular formula is C38H51NO8Si. The van der Waals surface area contributed by atoms with Crippen molar-refractivity contribution in [1.82, 2.24) is 4.90 Å². The number of nitrogens with zero attached hydrogens (tertiary/aromatic N) is 1. The Labute approximate surface area is 286 Å². The number of phenolic OH excluding ortho intramolecular Hbond substituents is 1. The van der Waals surface area contributed by atoms with Gasteiger partial charge in [0.15, 0.2) is 8.32 Å². The Hall–Kier alpha value is -4.02. The van der Waals surface area contributed by atoms with E-state index < -0.39 is 26.0 Å². The molecule has 2 atom stereocenters. The highest BCUT2D eigenvalue weighted by Crippen LogP contribution is 2.38. The maximum Gasteiger partial charge on any atom is 0.410 e. The summed E-state index contributed by atoms with van der Waals surface area (Å²) in [6, 6.07) is 20.4. The predicted octanol–water partition coefficient (Wildman–Crippen LogP) is 8.25. The van der Waals surface area contributed by atoms with Gasteiger partial charge in [-0.2, -0.15) is 0 Å². The summed E-state index contributed by atoms with van der Waals surface area (Å²) in [7, 11) is -0.952. The van der Waals surface area contributed by atoms with Gasteiger partial charge >= 0.3 is 12.1 Å². The van der Waals surface area contributed by atoms with Crippen molar-refractivity contribution >= 4 is 20.4 Å². The van der Waals surface area contributed by atoms with E-state index in [0.29, 0.717) is 13.0 Å². The zero-order chi connectivity index (χ0) is 35.3. The lowest BCUT2D eigenvalue weighted by molar-refractivity contribution is 0.000511. The fourth-order valence-electron chi connectivity index (χ4n) is 5.21. The summed E-state index contributed by atoms with van der Waals surface area (Å²) in [5.74, 6) is 0.758. The van der Waals surface area contributed by atoms with Gasteiger partial charge in [-0.3, -0.25) is 0 Å². The molecule has 0 aromatic heterocycles. The molecule has 1 amide bonds. The molecule has 9 nitrogen and oxygen atoms in total. The number of phenols is 1. The first-order chi connectivity index (χ1) is 22.5. The molecule has 10 heteroatoms. The zero-order valence-electron chi connectivity index (χ0n) is 29.8. The molecule has 0 unspecified atom stereocenters. The zero-order valence-corrected chi connectivity index (χ0v) is 30.8. The van der Waals surface area contributed by atoms with E-state index in [1.807, 2.05) is 69.3 Å². The second-order valence-electron chi connectivity index (χ2n) is 14.8. The maximum atomic E-state index is 13.7. The predicted molar refractivity (Wildman–Crippen MR) is 189 cm³/mol. The van der Waals surface area contributed by atoms with Crippen LogP contribution in [0.15, 0.2) is 66.7 Å². The van der Waals surface area contributed by atoms with Crippen molar-refractivity contribution < 1.29 is 38.1 Å². The summed E-state index contributed by atoms with van der Waals surface area (Å²) in [4.78, 5) is 27.3. The molecule has 3 aromatic rings. The number of hydrogen-bond donors (Lipinski definition) is 1. The van der Waals surface area contributed by atoms with Crippen LogP contribution in [-0.2, 0) is 20.3 Å². The number of amides is 1. The fraction of sp³-hybridized carbons (Fsp3) is 0.474. The Morgan fingerprint density at radius 1 is 0.979 bits per heavy atom. The molecule has 0 radical (unpaired) electrons. The Bertz CT molecular complexity index is 1560. The quantitative estimate of drug-likeness (QED) is 0.160. The van der Waals surface area contributed by atoms with E-state index in [1.165, 1.54) is 7.11 Å². The minimum atomic E-state index is -2.23. The van der Waals surface area contributed by atoms with E-state index >= 15 is 0 Å². The highest BCUT2D eigenvalue weighted by atomic mass is 28.4. The SMILES string of the molecule is COC(=O)c1ccc(-c2ccc3c(c2)CC[C@H](CN(C[C@@H](COc2ccccc2)O[Si](C)(C)C(C)(C)C)C(=O)OC(C)(C)C)O3)cc1O. The highest BCUT2D eigenvalue weighted by molar-refractivity contribution is 6.74. The summed E-state index contributed by atoms with van der Waals surface area (Å²) < 4.78 is 30.1. The lowest BCUT2D eigenvalue weighted by atomic mass is 9.96. The minimum absolute atomic E-state index is 0.0358. The van der Waals surface area contributed by atoms with Crippen molar-refractivity contribution in [3.8, 4) is 28.4 Å². The van der Waals surface area contributed by atoms with E-state index in [-0.39, 0.29) is 41.7 Å². The number of carbonyl (C=O) groups is 2. The van der Waals surface area contributed by atoms with Crippen LogP contribution < -0.4 is 9.47 Å². The van der Waals surface area contributed by atoms with Crippen LogP contribution >= 0.6 is 0 Å². The molecule has 0 fully saturated rings. The number of hydrogen-bond acceptors (Lipinski definition) is 8. The molecule has 0 saturated heterocycles. The Balaban J connectivity index is 1.53. The molecule has 1 heterocycles. The van der Waals surface area contributed by atoms with Crippen LogP contribution in [0.2, 0.25) is 18.1 Å². The summed E-state index contributed by atoms with van der Waals surface area (Å²) >= 11 is 0. The number of ether oxygens (including phenoxy) is 4. The first-order valence-electron chi connectivity index (χ1n) is 16.5. The second-order valence-corrected chi connectivity index (χ2v) is 19.6. The minimum Gasteiger partial charge on any atom is -0.507 e. The maximum absolute atomic E-state index is 13.7. The van der Waals surface area contributed by atoms with Gasteiger partial charge in [0, 0.05) is 0 Å². The topological polar surface area (TPSA) is 104 Å². The van der Waals surface area contributed by atoms with Crippen molar-refractivity contribution in [3.05, 3.63) is 77.9 Å². The monoisotopic (exact) mass is 677 g/mol. The van der Waals surface area contributed by atoms with Crippen molar-refractivity contribution in [3.63, 3.8) is 0 Å². The normalized spacial score (nSPS) is 15.5. The van der Waals surface area contributed by atoms with Gasteiger partial charge in [0.1, 0.15) is 41.1 Å².